The Labute approximate surface area is 263 Å². The lowest BCUT2D eigenvalue weighted by Gasteiger charge is -2.24. The van der Waals surface area contributed by atoms with Crippen molar-refractivity contribution in [3.63, 3.8) is 0 Å². The van der Waals surface area contributed by atoms with E-state index in [0.29, 0.717) is 37.7 Å². The molecule has 2 unspecified atom stereocenters. The number of aromatic amines is 2. The van der Waals surface area contributed by atoms with Gasteiger partial charge in [-0.25, -0.2) is 0 Å². The third-order valence-corrected chi connectivity index (χ3v) is 9.89. The van der Waals surface area contributed by atoms with Crippen molar-refractivity contribution < 1.29 is 29.4 Å². The van der Waals surface area contributed by atoms with E-state index in [0.717, 1.165) is 50.6 Å². The van der Waals surface area contributed by atoms with E-state index in [1.54, 1.807) is 6.08 Å². The quantitative estimate of drug-likeness (QED) is 0.158. The van der Waals surface area contributed by atoms with Crippen LogP contribution in [0.3, 0.4) is 0 Å². The Morgan fingerprint density at radius 2 is 1.43 bits per heavy atom. The molecule has 10 nitrogen and oxygen atoms in total. The highest BCUT2D eigenvalue weighted by molar-refractivity contribution is 7.80. The van der Waals surface area contributed by atoms with Crippen LogP contribution in [0.5, 0.6) is 0 Å². The summed E-state index contributed by atoms with van der Waals surface area (Å²) in [4.78, 5) is 55.2. The highest BCUT2D eigenvalue weighted by Gasteiger charge is 2.41. The Hall–Kier alpha value is -3.73. The first-order chi connectivity index (χ1) is 20.7. The van der Waals surface area contributed by atoms with Crippen LogP contribution in [0.1, 0.15) is 78.6 Å². The summed E-state index contributed by atoms with van der Waals surface area (Å²) in [6.45, 7) is 13.5. The standard InChI is InChI=1S/C33H44N4O6S/c1-7-20-15(2)25(36-33(20)43)12-23-16(3)21(8-10-29(38)39)26(34-23)14-27-22(9-11-30(40)41)17(4)24(35-27)13-28-31(19(6)44)18(5)32(42)37-28/h7,18-19,25,28,31,34-35,44H,1,8-14H2,2-6H3,(H,36,43)(H,37,42)(H,38,39)(H,40,41)/t18-,19?,25-,28?,31+/m1/s1. The molecule has 6 N–H and O–H groups in total. The average Bonchev–Trinajstić information content (AvgIpc) is 3.59. The van der Waals surface area contributed by atoms with E-state index >= 15 is 0 Å². The summed E-state index contributed by atoms with van der Waals surface area (Å²) < 4.78 is 0. The zero-order chi connectivity index (χ0) is 32.5. The predicted octanol–water partition coefficient (Wildman–Crippen LogP) is 3.74. The van der Waals surface area contributed by atoms with Gasteiger partial charge in [0.2, 0.25) is 5.91 Å². The predicted molar refractivity (Wildman–Crippen MR) is 171 cm³/mol. The third-order valence-electron chi connectivity index (χ3n) is 9.55. The number of carboxylic acid groups (broad SMARTS) is 2. The van der Waals surface area contributed by atoms with E-state index < -0.39 is 11.9 Å². The Balaban J connectivity index is 1.70. The molecule has 2 aromatic heterocycles. The molecule has 2 aliphatic rings. The summed E-state index contributed by atoms with van der Waals surface area (Å²) >= 11 is 4.67. The van der Waals surface area contributed by atoms with Gasteiger partial charge in [-0.3, -0.25) is 19.2 Å². The van der Waals surface area contributed by atoms with Crippen LogP contribution in [0.15, 0.2) is 23.8 Å². The molecule has 2 aromatic rings. The van der Waals surface area contributed by atoms with Gasteiger partial charge >= 0.3 is 11.9 Å². The molecule has 0 aliphatic carbocycles. The minimum atomic E-state index is -0.892. The van der Waals surface area contributed by atoms with Crippen molar-refractivity contribution in [2.24, 2.45) is 11.8 Å². The van der Waals surface area contributed by atoms with Crippen LogP contribution in [0.25, 0.3) is 0 Å². The number of hydrogen-bond donors (Lipinski definition) is 7. The minimum absolute atomic E-state index is 0.0117. The first-order valence-electron chi connectivity index (χ1n) is 15.2. The Bertz CT molecular complexity index is 1520. The van der Waals surface area contributed by atoms with Crippen LogP contribution in [-0.4, -0.2) is 61.3 Å². The summed E-state index contributed by atoms with van der Waals surface area (Å²) in [7, 11) is 0. The maximum absolute atomic E-state index is 12.5. The molecule has 5 atom stereocenters. The SMILES string of the molecule is C=CC1=C(C)[C@@H](Cc2[nH]c(Cc3[nH]c(CC4NC(=O)[C@H](C)[C@H]4C(C)S)c(C)c3CCC(=O)O)c(CCC(=O)O)c2C)NC1=O. The number of rotatable bonds is 14. The molecule has 0 aromatic carbocycles. The van der Waals surface area contributed by atoms with Crippen LogP contribution in [-0.2, 0) is 51.3 Å². The fourth-order valence-corrected chi connectivity index (χ4v) is 7.48. The van der Waals surface area contributed by atoms with Gasteiger partial charge in [0.05, 0.1) is 6.04 Å². The molecule has 11 heteroatoms. The fourth-order valence-electron chi connectivity index (χ4n) is 7.01. The first-order valence-corrected chi connectivity index (χ1v) is 15.7. The van der Waals surface area contributed by atoms with Gasteiger partial charge in [-0.2, -0.15) is 12.6 Å². The molecule has 1 saturated heterocycles. The molecule has 4 rings (SSSR count). The minimum Gasteiger partial charge on any atom is -0.481 e. The van der Waals surface area contributed by atoms with Crippen LogP contribution in [0.2, 0.25) is 0 Å². The topological polar surface area (TPSA) is 164 Å². The van der Waals surface area contributed by atoms with Crippen LogP contribution in [0.4, 0.5) is 0 Å². The number of hydrogen-bond acceptors (Lipinski definition) is 5. The molecule has 44 heavy (non-hydrogen) atoms. The normalized spacial score (nSPS) is 22.3. The number of H-pyrrole nitrogens is 2. The molecule has 1 fully saturated rings. The van der Waals surface area contributed by atoms with Gasteiger partial charge in [0, 0.05) is 83.6 Å². The van der Waals surface area contributed by atoms with Crippen molar-refractivity contribution in [3.05, 3.63) is 68.8 Å². The summed E-state index contributed by atoms with van der Waals surface area (Å²) in [6.07, 6.45) is 3.69. The van der Waals surface area contributed by atoms with Crippen LogP contribution >= 0.6 is 12.6 Å². The van der Waals surface area contributed by atoms with Gasteiger partial charge in [0.15, 0.2) is 0 Å². The maximum atomic E-state index is 12.5. The van der Waals surface area contributed by atoms with Gasteiger partial charge in [-0.15, -0.1) is 0 Å². The van der Waals surface area contributed by atoms with Crippen molar-refractivity contribution in [1.82, 2.24) is 20.6 Å². The van der Waals surface area contributed by atoms with E-state index in [1.807, 2.05) is 34.6 Å². The molecule has 0 radical (unpaired) electrons. The summed E-state index contributed by atoms with van der Waals surface area (Å²) in [5, 5.41) is 25.1. The lowest BCUT2D eigenvalue weighted by atomic mass is 9.86. The van der Waals surface area contributed by atoms with Crippen LogP contribution < -0.4 is 10.6 Å². The molecular weight excluding hydrogens is 580 g/mol. The maximum Gasteiger partial charge on any atom is 0.303 e. The zero-order valence-electron chi connectivity index (χ0n) is 26.1. The molecule has 0 bridgehead atoms. The van der Waals surface area contributed by atoms with E-state index in [1.165, 1.54) is 0 Å². The van der Waals surface area contributed by atoms with E-state index in [2.05, 4.69) is 39.8 Å². The zero-order valence-corrected chi connectivity index (χ0v) is 27.0. The third kappa shape index (κ3) is 6.82. The van der Waals surface area contributed by atoms with Gasteiger partial charge in [-0.05, 0) is 61.4 Å². The van der Waals surface area contributed by atoms with Gasteiger partial charge in [-0.1, -0.05) is 26.5 Å². The highest BCUT2D eigenvalue weighted by atomic mass is 32.1. The summed E-state index contributed by atoms with van der Waals surface area (Å²) in [5.74, 6) is -2.03. The highest BCUT2D eigenvalue weighted by Crippen LogP contribution is 2.34. The van der Waals surface area contributed by atoms with Crippen molar-refractivity contribution in [2.45, 2.75) is 96.9 Å². The largest absolute Gasteiger partial charge is 0.481 e. The Morgan fingerprint density at radius 1 is 0.909 bits per heavy atom. The second-order valence-electron chi connectivity index (χ2n) is 12.3. The van der Waals surface area contributed by atoms with Crippen molar-refractivity contribution in [3.8, 4) is 0 Å². The van der Waals surface area contributed by atoms with Crippen molar-refractivity contribution in [1.29, 1.82) is 0 Å². The van der Waals surface area contributed by atoms with Crippen molar-refractivity contribution in [2.75, 3.05) is 0 Å². The second kappa shape index (κ2) is 13.5. The fraction of sp³-hybridized carbons (Fsp3) is 0.515. The average molecular weight is 625 g/mol. The smallest absolute Gasteiger partial charge is 0.303 e. The molecule has 2 aliphatic heterocycles. The monoisotopic (exact) mass is 624 g/mol. The molecule has 0 saturated carbocycles. The van der Waals surface area contributed by atoms with Gasteiger partial charge in [0.25, 0.3) is 5.91 Å². The summed E-state index contributed by atoms with van der Waals surface area (Å²) in [5.41, 5.74) is 8.85. The lowest BCUT2D eigenvalue weighted by molar-refractivity contribution is -0.138. The number of thiol groups is 1. The summed E-state index contributed by atoms with van der Waals surface area (Å²) in [6, 6.07) is -0.309. The number of aromatic nitrogens is 2. The number of carbonyl (C=O) groups is 4. The number of carboxylic acids is 2. The second-order valence-corrected chi connectivity index (χ2v) is 13.1. The van der Waals surface area contributed by atoms with E-state index in [-0.39, 0.29) is 53.8 Å². The molecule has 2 amide bonds. The molecular formula is C33H44N4O6S. The Kier molecular flexibility index (Phi) is 10.2. The van der Waals surface area contributed by atoms with Gasteiger partial charge < -0.3 is 30.8 Å². The number of nitrogens with one attached hydrogen (secondary N) is 4. The van der Waals surface area contributed by atoms with Crippen LogP contribution in [0, 0.1) is 25.7 Å². The van der Waals surface area contributed by atoms with E-state index in [9.17, 15) is 29.4 Å². The molecule has 238 valence electrons. The number of amides is 2. The number of carbonyl (C=O) groups excluding carboxylic acids is 2. The Morgan fingerprint density at radius 3 is 1.89 bits per heavy atom. The van der Waals surface area contributed by atoms with Crippen molar-refractivity contribution >= 4 is 36.4 Å². The van der Waals surface area contributed by atoms with E-state index in [4.69, 9.17) is 0 Å². The first kappa shape index (κ1) is 33.2. The lowest BCUT2D eigenvalue weighted by Crippen LogP contribution is -2.34. The number of aliphatic carboxylic acids is 2. The molecule has 0 spiro atoms. The molecule has 4 heterocycles. The van der Waals surface area contributed by atoms with Gasteiger partial charge in [0.1, 0.15) is 0 Å².